The summed E-state index contributed by atoms with van der Waals surface area (Å²) in [5, 5.41) is 8.30. The molecule has 312 valence electrons. The number of hydrogen-bond donors (Lipinski definition) is 0. The molecular weight excluding hydrogens is 818 g/mol. The smallest absolute Gasteiger partial charge is 0.111 e. The minimum Gasteiger partial charge on any atom is -0.111 e. The Kier molecular flexibility index (Phi) is 15.3. The van der Waals surface area contributed by atoms with Gasteiger partial charge in [-0.1, -0.05) is 33.0 Å². The summed E-state index contributed by atoms with van der Waals surface area (Å²) in [5.74, 6) is 0. The van der Waals surface area contributed by atoms with Gasteiger partial charge in [0, 0.05) is 104 Å². The van der Waals surface area contributed by atoms with Crippen LogP contribution in [0.1, 0.15) is 94.6 Å². The maximum atomic E-state index is 7.54. The Balaban J connectivity index is 2.03. The van der Waals surface area contributed by atoms with Gasteiger partial charge in [0.1, 0.15) is 7.85 Å². The molecule has 0 unspecified atom stereocenters. The molecule has 0 aliphatic carbocycles. The fourth-order valence-corrected chi connectivity index (χ4v) is 12.7. The van der Waals surface area contributed by atoms with Crippen LogP contribution in [0.25, 0.3) is 65.3 Å². The maximum absolute atomic E-state index is 7.54. The molecule has 0 amide bonds. The molecule has 7 aromatic rings. The summed E-state index contributed by atoms with van der Waals surface area (Å²) in [6.45, 7) is 35.2. The van der Waals surface area contributed by atoms with E-state index >= 15 is 0 Å². The lowest BCUT2D eigenvalue weighted by atomic mass is 8.68. The molecule has 19 heteroatoms. The molecule has 0 bridgehead atoms. The van der Waals surface area contributed by atoms with Crippen molar-refractivity contribution in [2.75, 3.05) is 0 Å². The van der Waals surface area contributed by atoms with Crippen LogP contribution >= 0.6 is 0 Å². The zero-order chi connectivity index (χ0) is 52.5. The van der Waals surface area contributed by atoms with Crippen molar-refractivity contribution in [1.82, 2.24) is 0 Å². The van der Waals surface area contributed by atoms with Gasteiger partial charge in [0.15, 0.2) is 0 Å². The highest BCUT2D eigenvalue weighted by Gasteiger charge is 2.37. The third-order valence-electron chi connectivity index (χ3n) is 17.8. The molecule has 0 N–H and O–H groups in total. The summed E-state index contributed by atoms with van der Waals surface area (Å²) < 4.78 is 0. The first-order valence-corrected chi connectivity index (χ1v) is 24.6. The van der Waals surface area contributed by atoms with Crippen LogP contribution in [-0.2, 0) is 0 Å². The van der Waals surface area contributed by atoms with Crippen molar-refractivity contribution < 1.29 is 0 Å². The number of hydrogen-bond acceptors (Lipinski definition) is 0. The van der Waals surface area contributed by atoms with E-state index in [1.807, 2.05) is 13.8 Å². The molecule has 0 heterocycles. The summed E-state index contributed by atoms with van der Waals surface area (Å²) in [4.78, 5) is 0. The first-order chi connectivity index (χ1) is 32.6. The van der Waals surface area contributed by atoms with E-state index in [1.165, 1.54) is 108 Å². The monoisotopic (exact) mass is 873 g/mol. The Morgan fingerprint density at radius 2 is 0.671 bits per heavy atom. The summed E-state index contributed by atoms with van der Waals surface area (Å²) in [5.41, 5.74) is 26.9. The Hall–Kier alpha value is -3.19. The number of aryl methyl sites for hydroxylation is 7. The van der Waals surface area contributed by atoms with Crippen LogP contribution in [0.5, 0.6) is 0 Å². The van der Waals surface area contributed by atoms with Crippen molar-refractivity contribution in [2.24, 2.45) is 0 Å². The molecule has 0 aliphatic rings. The average molecular weight is 869 g/mol. The van der Waals surface area contributed by atoms with Gasteiger partial charge in [0.2, 0.25) is 0 Å². The molecule has 0 spiro atoms. The van der Waals surface area contributed by atoms with Crippen molar-refractivity contribution in [1.29, 1.82) is 0 Å². The highest BCUT2D eigenvalue weighted by Crippen LogP contribution is 2.53. The minimum absolute atomic E-state index is 0.322. The lowest BCUT2D eigenvalue weighted by Gasteiger charge is -2.36. The fourth-order valence-electron chi connectivity index (χ4n) is 12.7. The van der Waals surface area contributed by atoms with Crippen molar-refractivity contribution >= 4 is 208 Å². The van der Waals surface area contributed by atoms with Gasteiger partial charge in [-0.2, -0.15) is 0 Å². The van der Waals surface area contributed by atoms with Crippen LogP contribution in [0.15, 0.2) is 0 Å². The van der Waals surface area contributed by atoms with E-state index in [1.54, 1.807) is 0 Å². The largest absolute Gasteiger partial charge is 0.113 e. The van der Waals surface area contributed by atoms with Crippen LogP contribution in [0.3, 0.4) is 0 Å². The Morgan fingerprint density at radius 1 is 0.314 bits per heavy atom. The molecule has 24 radical (unpaired) electrons. The van der Waals surface area contributed by atoms with E-state index in [0.717, 1.165) is 60.4 Å². The topological polar surface area (TPSA) is 0 Å². The van der Waals surface area contributed by atoms with E-state index in [9.17, 15) is 0 Å². The van der Waals surface area contributed by atoms with Crippen LogP contribution in [0.4, 0.5) is 0 Å². The van der Waals surface area contributed by atoms with Gasteiger partial charge in [-0.25, -0.2) is 0 Å². The van der Waals surface area contributed by atoms with Gasteiger partial charge in [0.05, 0.1) is 26.7 Å². The Labute approximate surface area is 440 Å². The van der Waals surface area contributed by atoms with Gasteiger partial charge >= 0.3 is 0 Å². The lowest BCUT2D eigenvalue weighted by Crippen LogP contribution is -2.64. The number of rotatable bonds is 10. The number of fused-ring (bicyclic) bond motifs is 4. The van der Waals surface area contributed by atoms with E-state index < -0.39 is 38.6 Å². The van der Waals surface area contributed by atoms with Gasteiger partial charge < -0.3 is 0 Å². The second kappa shape index (κ2) is 19.6. The predicted octanol–water partition coefficient (Wildman–Crippen LogP) is 3.51. The SMILES string of the molecule is [B][B]B([B])B(B([B])[B])c1c(C)c(C)c(B([B])B([B])[B])c2c(-c3c4c(C)c(C)c(C)c(C)c4c(C)c4c(-c5c(C)c(C)c(C)c6c(C)c(C)c(C)c(C)c56)c(C)c(C)c(C)c34)c(B([B])[B])c([B][B])c([B])c12. The second-order valence-corrected chi connectivity index (χ2v) is 20.9. The molecule has 0 nitrogen and oxygen atoms in total. The second-order valence-electron chi connectivity index (χ2n) is 20.9. The molecular formula is C51H51B19. The fraction of sp³-hybridized carbons (Fsp3) is 0.333. The zero-order valence-electron chi connectivity index (χ0n) is 45.0. The predicted molar refractivity (Wildman–Crippen MR) is 335 cm³/mol. The molecule has 0 aliphatic heterocycles. The lowest BCUT2D eigenvalue weighted by molar-refractivity contribution is 1.22. The summed E-state index contributed by atoms with van der Waals surface area (Å²) >= 11 is 0. The van der Waals surface area contributed by atoms with Crippen LogP contribution in [0, 0.1) is 118 Å². The maximum Gasteiger partial charge on any atom is 0.113 e. The normalized spacial score (nSPS) is 11.6. The Morgan fingerprint density at radius 3 is 1.06 bits per heavy atom. The van der Waals surface area contributed by atoms with Crippen molar-refractivity contribution in [3.05, 3.63) is 94.6 Å². The molecule has 7 aromatic carbocycles. The quantitative estimate of drug-likeness (QED) is 0.146. The van der Waals surface area contributed by atoms with Crippen molar-refractivity contribution in [2.45, 2.75) is 118 Å². The van der Waals surface area contributed by atoms with E-state index in [4.69, 9.17) is 85.2 Å². The van der Waals surface area contributed by atoms with Crippen molar-refractivity contribution in [3.63, 3.8) is 0 Å². The van der Waals surface area contributed by atoms with Gasteiger partial charge in [0.25, 0.3) is 0 Å². The first kappa shape index (κ1) is 54.6. The van der Waals surface area contributed by atoms with Gasteiger partial charge in [-0.05, 0) is 266 Å². The van der Waals surface area contributed by atoms with Gasteiger partial charge in [-0.3, -0.25) is 0 Å². The summed E-state index contributed by atoms with van der Waals surface area (Å²) in [6, 6.07) is 0. The molecule has 0 saturated carbocycles. The van der Waals surface area contributed by atoms with E-state index in [0.29, 0.717) is 32.6 Å². The van der Waals surface area contributed by atoms with Crippen molar-refractivity contribution in [3.8, 4) is 22.3 Å². The zero-order valence-corrected chi connectivity index (χ0v) is 45.0. The third-order valence-corrected chi connectivity index (χ3v) is 17.8. The third kappa shape index (κ3) is 7.73. The molecule has 0 atom stereocenters. The molecule has 0 aromatic heterocycles. The summed E-state index contributed by atoms with van der Waals surface area (Å²) in [6.07, 6.45) is -2.72. The van der Waals surface area contributed by atoms with E-state index in [-0.39, 0.29) is 0 Å². The highest BCUT2D eigenvalue weighted by atomic mass is 14.3. The standard InChI is InChI=1S/C51H51B19/c1-18-20(3)27(10)37-35(24(18)7)26(9)22(5)29(12)39(37)40-30(13)23(6)31(14)41-42(40)34(17)36-25(8)19(2)21(4)28(11)38(36)43(41)44-45-46(47(52)48(63-53)51(44)65(55)56)50(67(69(60)61)70(62)64-54)33(16)32(15)49(45)66(57)68(58)59/h1-17H3. The Bertz CT molecular complexity index is 3400. The molecule has 0 fully saturated rings. The van der Waals surface area contributed by atoms with E-state index in [2.05, 4.69) is 104 Å². The molecule has 7 rings (SSSR count). The first-order valence-electron chi connectivity index (χ1n) is 24.6. The van der Waals surface area contributed by atoms with Crippen LogP contribution in [0.2, 0.25) is 0 Å². The molecule has 70 heavy (non-hydrogen) atoms. The van der Waals surface area contributed by atoms with Crippen LogP contribution < -0.4 is 27.3 Å². The number of benzene rings is 7. The highest BCUT2D eigenvalue weighted by molar-refractivity contribution is 7.87. The minimum atomic E-state index is -1.09. The summed E-state index contributed by atoms with van der Waals surface area (Å²) in [7, 11) is 79.0. The average Bonchev–Trinajstić information content (AvgIpc) is 3.31. The molecule has 0 saturated heterocycles. The van der Waals surface area contributed by atoms with Crippen LogP contribution in [-0.4, -0.2) is 138 Å². The van der Waals surface area contributed by atoms with Gasteiger partial charge in [-0.15, -0.1) is 5.46 Å².